The molecule has 0 aromatic heterocycles. The van der Waals surface area contributed by atoms with Crippen LogP contribution < -0.4 is 9.64 Å². The molecular weight excluding hydrogens is 370 g/mol. The van der Waals surface area contributed by atoms with Crippen LogP contribution in [0.25, 0.3) is 5.57 Å². The first-order valence-electron chi connectivity index (χ1n) is 9.44. The number of nitrogens with zero attached hydrogens (tertiary/aromatic N) is 1. The predicted molar refractivity (Wildman–Crippen MR) is 116 cm³/mol. The zero-order valence-corrected chi connectivity index (χ0v) is 17.7. The van der Waals surface area contributed by atoms with Gasteiger partial charge in [0.15, 0.2) is 0 Å². The van der Waals surface area contributed by atoms with E-state index in [-0.39, 0.29) is 17.9 Å². The Kier molecular flexibility index (Phi) is 5.94. The highest BCUT2D eigenvalue weighted by atomic mass is 32.2. The minimum Gasteiger partial charge on any atom is -0.489 e. The van der Waals surface area contributed by atoms with Gasteiger partial charge in [-0.05, 0) is 56.7 Å². The summed E-state index contributed by atoms with van der Waals surface area (Å²) in [6, 6.07) is 13.1. The van der Waals surface area contributed by atoms with Gasteiger partial charge in [0.1, 0.15) is 5.75 Å². The van der Waals surface area contributed by atoms with Crippen LogP contribution in [0.15, 0.2) is 47.4 Å². The summed E-state index contributed by atoms with van der Waals surface area (Å²) in [4.78, 5) is 28.5. The number of aryl methyl sites for hydroxylation is 2. The molecule has 0 N–H and O–H groups in total. The second kappa shape index (κ2) is 8.23. The maximum absolute atomic E-state index is 13.5. The number of rotatable bonds is 6. The number of hydrogen-bond donors (Lipinski definition) is 0. The minimum atomic E-state index is -0.298. The van der Waals surface area contributed by atoms with E-state index >= 15 is 0 Å². The molecule has 0 saturated heterocycles. The van der Waals surface area contributed by atoms with Crippen molar-refractivity contribution in [2.75, 3.05) is 10.7 Å². The van der Waals surface area contributed by atoms with Gasteiger partial charge in [0.05, 0.1) is 22.3 Å². The summed E-state index contributed by atoms with van der Waals surface area (Å²) in [6.45, 7) is 9.80. The Morgan fingerprint density at radius 2 is 1.75 bits per heavy atom. The molecule has 28 heavy (non-hydrogen) atoms. The Morgan fingerprint density at radius 3 is 2.39 bits per heavy atom. The minimum absolute atomic E-state index is 0.0646. The van der Waals surface area contributed by atoms with Crippen molar-refractivity contribution in [1.29, 1.82) is 0 Å². The maximum Gasteiger partial charge on any atom is 0.272 e. The van der Waals surface area contributed by atoms with E-state index in [1.165, 1.54) is 16.7 Å². The first-order valence-corrected chi connectivity index (χ1v) is 10.4. The van der Waals surface area contributed by atoms with Crippen molar-refractivity contribution in [3.05, 3.63) is 64.1 Å². The predicted octanol–water partition coefficient (Wildman–Crippen LogP) is 5.13. The molecule has 0 aliphatic carbocycles. The zero-order chi connectivity index (χ0) is 20.4. The van der Waals surface area contributed by atoms with Gasteiger partial charge in [0.2, 0.25) is 0 Å². The quantitative estimate of drug-likeness (QED) is 0.636. The van der Waals surface area contributed by atoms with Crippen LogP contribution in [0.2, 0.25) is 0 Å². The highest BCUT2D eigenvalue weighted by Crippen LogP contribution is 2.42. The van der Waals surface area contributed by atoms with E-state index < -0.39 is 0 Å². The molecule has 0 unspecified atom stereocenters. The third-order valence-corrected chi connectivity index (χ3v) is 5.41. The number of carbonyl (C=O) groups is 2. The number of hydrogen-bond acceptors (Lipinski definition) is 4. The highest BCUT2D eigenvalue weighted by Gasteiger charge is 2.41. The number of anilines is 1. The molecular formula is C23H25NO3S. The molecule has 0 spiro atoms. The van der Waals surface area contributed by atoms with Gasteiger partial charge in [0.25, 0.3) is 11.8 Å². The topological polar surface area (TPSA) is 46.6 Å². The summed E-state index contributed by atoms with van der Waals surface area (Å²) in [5, 5.41) is 0. The molecule has 2 aromatic rings. The number of thioether (sulfide) groups is 1. The fourth-order valence-electron chi connectivity index (χ4n) is 3.33. The molecule has 0 radical (unpaired) electrons. The summed E-state index contributed by atoms with van der Waals surface area (Å²) in [7, 11) is 0. The van der Waals surface area contributed by atoms with E-state index in [0.717, 1.165) is 16.7 Å². The number of amides is 2. The van der Waals surface area contributed by atoms with E-state index in [9.17, 15) is 9.59 Å². The van der Waals surface area contributed by atoms with E-state index in [2.05, 4.69) is 0 Å². The first kappa shape index (κ1) is 20.2. The summed E-state index contributed by atoms with van der Waals surface area (Å²) in [5.41, 5.74) is 3.88. The molecule has 0 bridgehead atoms. The van der Waals surface area contributed by atoms with Crippen molar-refractivity contribution in [3.8, 4) is 5.75 Å². The van der Waals surface area contributed by atoms with E-state index in [1.54, 1.807) is 12.1 Å². The summed E-state index contributed by atoms with van der Waals surface area (Å²) in [5.74, 6) is 0.655. The van der Waals surface area contributed by atoms with Crippen molar-refractivity contribution in [2.24, 2.45) is 0 Å². The van der Waals surface area contributed by atoms with Crippen molar-refractivity contribution < 1.29 is 14.3 Å². The molecule has 1 heterocycles. The second-order valence-electron chi connectivity index (χ2n) is 7.04. The lowest BCUT2D eigenvalue weighted by Crippen LogP contribution is -2.32. The van der Waals surface area contributed by atoms with Crippen LogP contribution >= 0.6 is 11.8 Å². The standard InChI is InChI=1S/C23H25NO3S/c1-6-28-21-20(17-12-11-15(4)13-16(17)5)22(25)24(23(21)26)18-9-7-8-10-19(18)27-14(2)3/h7-14H,6H2,1-5H3. The van der Waals surface area contributed by atoms with Crippen LogP contribution in [0.4, 0.5) is 5.69 Å². The van der Waals surface area contributed by atoms with Gasteiger partial charge in [-0.2, -0.15) is 0 Å². The third kappa shape index (κ3) is 3.72. The second-order valence-corrected chi connectivity index (χ2v) is 8.31. The lowest BCUT2D eigenvalue weighted by molar-refractivity contribution is -0.119. The Morgan fingerprint density at radius 1 is 1.04 bits per heavy atom. The number of para-hydroxylation sites is 2. The van der Waals surface area contributed by atoms with Crippen LogP contribution in [0.1, 0.15) is 37.5 Å². The van der Waals surface area contributed by atoms with Crippen molar-refractivity contribution in [2.45, 2.75) is 40.7 Å². The van der Waals surface area contributed by atoms with Crippen molar-refractivity contribution in [3.63, 3.8) is 0 Å². The highest BCUT2D eigenvalue weighted by molar-refractivity contribution is 8.04. The maximum atomic E-state index is 13.5. The van der Waals surface area contributed by atoms with Gasteiger partial charge in [0, 0.05) is 0 Å². The molecule has 146 valence electrons. The lowest BCUT2D eigenvalue weighted by Gasteiger charge is -2.20. The van der Waals surface area contributed by atoms with Crippen LogP contribution in [0.3, 0.4) is 0 Å². The Labute approximate surface area is 170 Å². The van der Waals surface area contributed by atoms with Crippen LogP contribution in [-0.2, 0) is 9.59 Å². The van der Waals surface area contributed by atoms with E-state index in [0.29, 0.717) is 27.7 Å². The summed E-state index contributed by atoms with van der Waals surface area (Å²) >= 11 is 1.41. The average Bonchev–Trinajstić information content (AvgIpc) is 2.86. The number of carbonyl (C=O) groups excluding carboxylic acids is 2. The Balaban J connectivity index is 2.13. The smallest absolute Gasteiger partial charge is 0.272 e. The molecule has 0 saturated carbocycles. The molecule has 4 nitrogen and oxygen atoms in total. The van der Waals surface area contributed by atoms with Crippen molar-refractivity contribution >= 4 is 34.8 Å². The number of benzene rings is 2. The van der Waals surface area contributed by atoms with Crippen LogP contribution in [0, 0.1) is 13.8 Å². The van der Waals surface area contributed by atoms with Crippen molar-refractivity contribution in [1.82, 2.24) is 0 Å². The fourth-order valence-corrected chi connectivity index (χ4v) is 4.18. The third-order valence-electron chi connectivity index (χ3n) is 4.45. The van der Waals surface area contributed by atoms with Gasteiger partial charge in [-0.3, -0.25) is 9.59 Å². The zero-order valence-electron chi connectivity index (χ0n) is 16.9. The van der Waals surface area contributed by atoms with Gasteiger partial charge >= 0.3 is 0 Å². The monoisotopic (exact) mass is 395 g/mol. The molecule has 3 rings (SSSR count). The van der Waals surface area contributed by atoms with Crippen LogP contribution in [0.5, 0.6) is 5.75 Å². The number of ether oxygens (including phenoxy) is 1. The SMILES string of the molecule is CCSC1=C(c2ccc(C)cc2C)C(=O)N(c2ccccc2OC(C)C)C1=O. The van der Waals surface area contributed by atoms with Crippen LogP contribution in [-0.4, -0.2) is 23.7 Å². The summed E-state index contributed by atoms with van der Waals surface area (Å²) < 4.78 is 5.86. The fraction of sp³-hybridized carbons (Fsp3) is 0.304. The van der Waals surface area contributed by atoms with Gasteiger partial charge in [-0.15, -0.1) is 11.8 Å². The summed E-state index contributed by atoms with van der Waals surface area (Å²) in [6.07, 6.45) is -0.0646. The molecule has 0 fully saturated rings. The first-order chi connectivity index (χ1) is 13.3. The molecule has 5 heteroatoms. The van der Waals surface area contributed by atoms with Gasteiger partial charge < -0.3 is 4.74 Å². The lowest BCUT2D eigenvalue weighted by atomic mass is 9.98. The molecule has 2 amide bonds. The van der Waals surface area contributed by atoms with E-state index in [1.807, 2.05) is 65.0 Å². The van der Waals surface area contributed by atoms with Gasteiger partial charge in [-0.1, -0.05) is 42.8 Å². The normalized spacial score (nSPS) is 14.4. The average molecular weight is 396 g/mol. The van der Waals surface area contributed by atoms with E-state index in [4.69, 9.17) is 4.74 Å². The molecule has 2 aromatic carbocycles. The Hall–Kier alpha value is -2.53. The number of imide groups is 1. The Bertz CT molecular complexity index is 962. The van der Waals surface area contributed by atoms with Gasteiger partial charge in [-0.25, -0.2) is 4.90 Å². The molecule has 1 aliphatic heterocycles. The molecule has 1 aliphatic rings. The molecule has 0 atom stereocenters. The largest absolute Gasteiger partial charge is 0.489 e.